The standard InChI is InChI=1S/C10H11Cl3O2/c1-5(14)6(2)15-10-8(12)3-7(11)4-9(10)13/h3-6,14H,1-2H3. The molecule has 1 N–H and O–H groups in total. The van der Waals surface area contributed by atoms with Gasteiger partial charge in [-0.1, -0.05) is 34.8 Å². The van der Waals surface area contributed by atoms with E-state index < -0.39 is 6.10 Å². The van der Waals surface area contributed by atoms with Gasteiger partial charge in [0.2, 0.25) is 0 Å². The van der Waals surface area contributed by atoms with Gasteiger partial charge < -0.3 is 9.84 Å². The van der Waals surface area contributed by atoms with E-state index >= 15 is 0 Å². The molecule has 15 heavy (non-hydrogen) atoms. The molecule has 0 aliphatic heterocycles. The van der Waals surface area contributed by atoms with Gasteiger partial charge in [-0.25, -0.2) is 0 Å². The maximum absolute atomic E-state index is 9.28. The summed E-state index contributed by atoms with van der Waals surface area (Å²) in [5.74, 6) is 0.344. The van der Waals surface area contributed by atoms with E-state index in [-0.39, 0.29) is 6.10 Å². The Balaban J connectivity index is 2.95. The summed E-state index contributed by atoms with van der Waals surface area (Å²) in [6.07, 6.45) is -0.992. The molecule has 0 radical (unpaired) electrons. The summed E-state index contributed by atoms with van der Waals surface area (Å²) in [6.45, 7) is 3.36. The van der Waals surface area contributed by atoms with E-state index in [4.69, 9.17) is 39.5 Å². The molecule has 2 atom stereocenters. The van der Waals surface area contributed by atoms with Gasteiger partial charge in [-0.15, -0.1) is 0 Å². The summed E-state index contributed by atoms with van der Waals surface area (Å²) in [5.41, 5.74) is 0. The van der Waals surface area contributed by atoms with Crippen molar-refractivity contribution >= 4 is 34.8 Å². The third kappa shape index (κ3) is 3.42. The van der Waals surface area contributed by atoms with Crippen molar-refractivity contribution in [1.82, 2.24) is 0 Å². The largest absolute Gasteiger partial charge is 0.485 e. The maximum atomic E-state index is 9.28. The van der Waals surface area contributed by atoms with Gasteiger partial charge in [0.25, 0.3) is 0 Å². The second kappa shape index (κ2) is 5.26. The van der Waals surface area contributed by atoms with E-state index in [1.54, 1.807) is 26.0 Å². The Labute approximate surface area is 104 Å². The highest BCUT2D eigenvalue weighted by Crippen LogP contribution is 2.36. The molecule has 1 rings (SSSR count). The summed E-state index contributed by atoms with van der Waals surface area (Å²) in [6, 6.07) is 3.08. The van der Waals surface area contributed by atoms with E-state index in [2.05, 4.69) is 0 Å². The monoisotopic (exact) mass is 268 g/mol. The van der Waals surface area contributed by atoms with Crippen LogP contribution in [-0.2, 0) is 0 Å². The second-order valence-electron chi connectivity index (χ2n) is 3.26. The zero-order chi connectivity index (χ0) is 11.6. The third-order valence-corrected chi connectivity index (χ3v) is 2.73. The number of hydrogen-bond acceptors (Lipinski definition) is 2. The predicted molar refractivity (Wildman–Crippen MR) is 63.2 cm³/mol. The first-order chi connectivity index (χ1) is 6.91. The van der Waals surface area contributed by atoms with Crippen molar-refractivity contribution in [2.24, 2.45) is 0 Å². The smallest absolute Gasteiger partial charge is 0.157 e. The Morgan fingerprint density at radius 1 is 1.13 bits per heavy atom. The molecular formula is C10H11Cl3O2. The van der Waals surface area contributed by atoms with E-state index in [0.29, 0.717) is 20.8 Å². The van der Waals surface area contributed by atoms with E-state index in [1.807, 2.05) is 0 Å². The minimum absolute atomic E-state index is 0.333. The fourth-order valence-corrected chi connectivity index (χ4v) is 1.83. The number of hydrogen-bond donors (Lipinski definition) is 1. The van der Waals surface area contributed by atoms with E-state index in [9.17, 15) is 5.11 Å². The summed E-state index contributed by atoms with van der Waals surface area (Å²) in [7, 11) is 0. The van der Waals surface area contributed by atoms with Crippen molar-refractivity contribution in [1.29, 1.82) is 0 Å². The highest BCUT2D eigenvalue weighted by Gasteiger charge is 2.15. The van der Waals surface area contributed by atoms with Crippen molar-refractivity contribution < 1.29 is 9.84 Å². The molecule has 1 aromatic rings. The summed E-state index contributed by atoms with van der Waals surface area (Å²) in [4.78, 5) is 0. The van der Waals surface area contributed by atoms with Crippen LogP contribution in [0.3, 0.4) is 0 Å². The Morgan fingerprint density at radius 3 is 2.00 bits per heavy atom. The predicted octanol–water partition coefficient (Wildman–Crippen LogP) is 3.79. The van der Waals surface area contributed by atoms with Crippen LogP contribution in [0.5, 0.6) is 5.75 Å². The number of halogens is 3. The Morgan fingerprint density at radius 2 is 1.60 bits per heavy atom. The average molecular weight is 270 g/mol. The van der Waals surface area contributed by atoms with Crippen molar-refractivity contribution in [2.75, 3.05) is 0 Å². The lowest BCUT2D eigenvalue weighted by Crippen LogP contribution is -2.25. The number of aliphatic hydroxyl groups is 1. The van der Waals surface area contributed by atoms with Gasteiger partial charge in [-0.05, 0) is 26.0 Å². The Bertz CT molecular complexity index is 330. The molecule has 0 heterocycles. The Hall–Kier alpha value is -0.150. The topological polar surface area (TPSA) is 29.5 Å². The minimum Gasteiger partial charge on any atom is -0.485 e. The lowest BCUT2D eigenvalue weighted by atomic mass is 10.2. The number of benzene rings is 1. The number of rotatable bonds is 3. The van der Waals surface area contributed by atoms with Crippen LogP contribution in [0.1, 0.15) is 13.8 Å². The van der Waals surface area contributed by atoms with Crippen LogP contribution < -0.4 is 4.74 Å². The van der Waals surface area contributed by atoms with Crippen LogP contribution in [0.15, 0.2) is 12.1 Å². The van der Waals surface area contributed by atoms with Crippen LogP contribution >= 0.6 is 34.8 Å². The number of aliphatic hydroxyl groups excluding tert-OH is 1. The molecule has 0 amide bonds. The number of ether oxygens (including phenoxy) is 1. The first-order valence-corrected chi connectivity index (χ1v) is 5.54. The summed E-state index contributed by atoms with van der Waals surface area (Å²) < 4.78 is 5.42. The summed E-state index contributed by atoms with van der Waals surface area (Å²) >= 11 is 17.6. The molecule has 1 aromatic carbocycles. The van der Waals surface area contributed by atoms with Crippen LogP contribution in [0.2, 0.25) is 15.1 Å². The molecule has 2 nitrogen and oxygen atoms in total. The fourth-order valence-electron chi connectivity index (χ4n) is 0.926. The molecular weight excluding hydrogens is 258 g/mol. The van der Waals surface area contributed by atoms with Crippen LogP contribution in [0.4, 0.5) is 0 Å². The molecule has 0 saturated carbocycles. The van der Waals surface area contributed by atoms with Crippen molar-refractivity contribution in [2.45, 2.75) is 26.1 Å². The normalized spacial score (nSPS) is 14.8. The molecule has 0 fully saturated rings. The van der Waals surface area contributed by atoms with E-state index in [1.165, 1.54) is 0 Å². The lowest BCUT2D eigenvalue weighted by molar-refractivity contribution is 0.0606. The highest BCUT2D eigenvalue weighted by molar-refractivity contribution is 6.40. The van der Waals surface area contributed by atoms with Crippen LogP contribution in [-0.4, -0.2) is 17.3 Å². The van der Waals surface area contributed by atoms with Crippen LogP contribution in [0.25, 0.3) is 0 Å². The molecule has 2 unspecified atom stereocenters. The molecule has 0 spiro atoms. The van der Waals surface area contributed by atoms with E-state index in [0.717, 1.165) is 0 Å². The molecule has 0 bridgehead atoms. The van der Waals surface area contributed by atoms with Gasteiger partial charge >= 0.3 is 0 Å². The van der Waals surface area contributed by atoms with Gasteiger partial charge in [0, 0.05) is 5.02 Å². The van der Waals surface area contributed by atoms with Crippen molar-refractivity contribution in [3.63, 3.8) is 0 Å². The zero-order valence-electron chi connectivity index (χ0n) is 8.30. The average Bonchev–Trinajstić information content (AvgIpc) is 2.10. The molecule has 5 heteroatoms. The van der Waals surface area contributed by atoms with Crippen molar-refractivity contribution in [3.8, 4) is 5.75 Å². The van der Waals surface area contributed by atoms with Crippen LogP contribution in [0, 0.1) is 0 Å². The molecule has 0 saturated heterocycles. The van der Waals surface area contributed by atoms with Gasteiger partial charge in [0.05, 0.1) is 16.1 Å². The van der Waals surface area contributed by atoms with Crippen molar-refractivity contribution in [3.05, 3.63) is 27.2 Å². The first kappa shape index (κ1) is 12.9. The van der Waals surface area contributed by atoms with Gasteiger partial charge in [0.1, 0.15) is 6.10 Å². The van der Waals surface area contributed by atoms with Gasteiger partial charge in [-0.3, -0.25) is 0 Å². The molecule has 84 valence electrons. The molecule has 0 aromatic heterocycles. The fraction of sp³-hybridized carbons (Fsp3) is 0.400. The maximum Gasteiger partial charge on any atom is 0.157 e. The SMILES string of the molecule is CC(O)C(C)Oc1c(Cl)cc(Cl)cc1Cl. The quantitative estimate of drug-likeness (QED) is 0.904. The van der Waals surface area contributed by atoms with Gasteiger partial charge in [0.15, 0.2) is 5.75 Å². The highest BCUT2D eigenvalue weighted by atomic mass is 35.5. The minimum atomic E-state index is -0.604. The first-order valence-electron chi connectivity index (χ1n) is 4.41. The second-order valence-corrected chi connectivity index (χ2v) is 4.51. The molecule has 0 aliphatic carbocycles. The van der Waals surface area contributed by atoms with Gasteiger partial charge in [-0.2, -0.15) is 0 Å². The third-order valence-electron chi connectivity index (χ3n) is 1.95. The zero-order valence-corrected chi connectivity index (χ0v) is 10.6. The summed E-state index contributed by atoms with van der Waals surface area (Å²) in [5, 5.41) is 10.4. The molecule has 0 aliphatic rings. The lowest BCUT2D eigenvalue weighted by Gasteiger charge is -2.19. The Kier molecular flexibility index (Phi) is 4.53.